The fourth-order valence-corrected chi connectivity index (χ4v) is 3.49. The van der Waals surface area contributed by atoms with Gasteiger partial charge in [-0.05, 0) is 33.4 Å². The number of hydrogen-bond acceptors (Lipinski definition) is 5. The lowest BCUT2D eigenvalue weighted by molar-refractivity contribution is 0.178. The van der Waals surface area contributed by atoms with Crippen molar-refractivity contribution in [1.29, 1.82) is 0 Å². The first-order valence-electron chi connectivity index (χ1n) is 5.91. The van der Waals surface area contributed by atoms with E-state index in [1.807, 2.05) is 7.05 Å². The molecule has 0 bridgehead atoms. The molecule has 18 heavy (non-hydrogen) atoms. The Bertz CT molecular complexity index is 512. The van der Waals surface area contributed by atoms with E-state index in [0.29, 0.717) is 6.04 Å². The van der Waals surface area contributed by atoms with Crippen LogP contribution in [0.1, 0.15) is 19.8 Å². The predicted octanol–water partition coefficient (Wildman–Crippen LogP) is -0.247. The smallest absolute Gasteiger partial charge is 0.246 e. The molecule has 0 aliphatic carbocycles. The molecule has 1 fully saturated rings. The maximum atomic E-state index is 12.1. The number of likely N-dealkylation sites (tertiary alicyclic amines) is 1. The molecule has 0 saturated carbocycles. The number of nitrogens with zero attached hydrogens (tertiary/aromatic N) is 2. The Morgan fingerprint density at radius 3 is 2.89 bits per heavy atom. The van der Waals surface area contributed by atoms with Gasteiger partial charge in [-0.25, -0.2) is 13.1 Å². The molecule has 7 nitrogen and oxygen atoms in total. The van der Waals surface area contributed by atoms with Crippen LogP contribution >= 0.6 is 0 Å². The number of nitrogens with two attached hydrogens (primary N) is 1. The first kappa shape index (κ1) is 13.3. The highest BCUT2D eigenvalue weighted by molar-refractivity contribution is 7.89. The summed E-state index contributed by atoms with van der Waals surface area (Å²) >= 11 is 0. The minimum atomic E-state index is -3.58. The summed E-state index contributed by atoms with van der Waals surface area (Å²) in [6.07, 6.45) is 2.83. The van der Waals surface area contributed by atoms with Gasteiger partial charge in [0.05, 0.1) is 6.20 Å². The Labute approximate surface area is 107 Å². The van der Waals surface area contributed by atoms with Gasteiger partial charge in [-0.2, -0.15) is 5.10 Å². The van der Waals surface area contributed by atoms with E-state index in [-0.39, 0.29) is 16.8 Å². The zero-order chi connectivity index (χ0) is 13.3. The zero-order valence-electron chi connectivity index (χ0n) is 10.5. The third kappa shape index (κ3) is 2.65. The van der Waals surface area contributed by atoms with E-state index in [4.69, 9.17) is 5.73 Å². The number of rotatable bonds is 3. The SMILES string of the molecule is CC1CC(NS(=O)(=O)c2cn[nH]c2N)CCN1C. The lowest BCUT2D eigenvalue weighted by Gasteiger charge is -2.35. The summed E-state index contributed by atoms with van der Waals surface area (Å²) in [5.41, 5.74) is 5.54. The minimum absolute atomic E-state index is 0.0223. The quantitative estimate of drug-likeness (QED) is 0.704. The van der Waals surface area contributed by atoms with E-state index < -0.39 is 10.0 Å². The maximum absolute atomic E-state index is 12.1. The summed E-state index contributed by atoms with van der Waals surface area (Å²) in [4.78, 5) is 2.24. The monoisotopic (exact) mass is 273 g/mol. The Kier molecular flexibility index (Phi) is 3.60. The second-order valence-corrected chi connectivity index (χ2v) is 6.50. The van der Waals surface area contributed by atoms with Crippen LogP contribution in [0.4, 0.5) is 5.82 Å². The van der Waals surface area contributed by atoms with Gasteiger partial charge in [0, 0.05) is 12.1 Å². The number of anilines is 1. The summed E-state index contributed by atoms with van der Waals surface area (Å²) in [6, 6.07) is 0.323. The van der Waals surface area contributed by atoms with Gasteiger partial charge in [0.1, 0.15) is 10.7 Å². The summed E-state index contributed by atoms with van der Waals surface area (Å²) < 4.78 is 26.9. The molecule has 0 amide bonds. The Morgan fingerprint density at radius 1 is 1.61 bits per heavy atom. The van der Waals surface area contributed by atoms with Crippen molar-refractivity contribution in [2.45, 2.75) is 36.7 Å². The number of sulfonamides is 1. The number of piperidine rings is 1. The molecule has 0 spiro atoms. The number of aromatic amines is 1. The molecule has 2 heterocycles. The zero-order valence-corrected chi connectivity index (χ0v) is 11.4. The molecular weight excluding hydrogens is 254 g/mol. The molecule has 2 unspecified atom stereocenters. The van der Waals surface area contributed by atoms with Crippen LogP contribution in [0, 0.1) is 0 Å². The predicted molar refractivity (Wildman–Crippen MR) is 68.4 cm³/mol. The van der Waals surface area contributed by atoms with Gasteiger partial charge in [-0.1, -0.05) is 0 Å². The Hall–Kier alpha value is -1.12. The summed E-state index contributed by atoms with van der Waals surface area (Å²) in [7, 11) is -1.53. The molecule has 0 radical (unpaired) electrons. The molecule has 2 rings (SSSR count). The molecule has 2 atom stereocenters. The number of hydrogen-bond donors (Lipinski definition) is 3. The maximum Gasteiger partial charge on any atom is 0.246 e. The van der Waals surface area contributed by atoms with Gasteiger partial charge < -0.3 is 10.6 Å². The van der Waals surface area contributed by atoms with Crippen LogP contribution in [0.2, 0.25) is 0 Å². The standard InChI is InChI=1S/C10H19N5O2S/c1-7-5-8(3-4-15(7)2)14-18(16,17)9-6-12-13-10(9)11/h6-8,14H,3-5H2,1-2H3,(H3,11,12,13). The first-order valence-corrected chi connectivity index (χ1v) is 7.40. The molecule has 1 saturated heterocycles. The normalized spacial score (nSPS) is 26.3. The van der Waals surface area contributed by atoms with Gasteiger partial charge in [0.25, 0.3) is 0 Å². The fraction of sp³-hybridized carbons (Fsp3) is 0.700. The van der Waals surface area contributed by atoms with E-state index in [0.717, 1.165) is 19.4 Å². The van der Waals surface area contributed by atoms with E-state index in [9.17, 15) is 8.42 Å². The second-order valence-electron chi connectivity index (χ2n) is 4.82. The lowest BCUT2D eigenvalue weighted by Crippen LogP contribution is -2.47. The van der Waals surface area contributed by atoms with E-state index in [2.05, 4.69) is 26.7 Å². The van der Waals surface area contributed by atoms with Crippen molar-refractivity contribution in [3.05, 3.63) is 6.20 Å². The fourth-order valence-electron chi connectivity index (χ4n) is 2.18. The highest BCUT2D eigenvalue weighted by Gasteiger charge is 2.28. The average molecular weight is 273 g/mol. The van der Waals surface area contributed by atoms with Crippen LogP contribution < -0.4 is 10.5 Å². The molecule has 1 aromatic heterocycles. The Morgan fingerprint density at radius 2 is 2.33 bits per heavy atom. The molecule has 1 aliphatic heterocycles. The highest BCUT2D eigenvalue weighted by Crippen LogP contribution is 2.19. The molecule has 8 heteroatoms. The number of aromatic nitrogens is 2. The van der Waals surface area contributed by atoms with Crippen molar-refractivity contribution in [2.24, 2.45) is 0 Å². The topological polar surface area (TPSA) is 104 Å². The minimum Gasteiger partial charge on any atom is -0.383 e. The second kappa shape index (κ2) is 4.87. The first-order chi connectivity index (χ1) is 8.40. The van der Waals surface area contributed by atoms with Crippen LogP contribution in [0.15, 0.2) is 11.1 Å². The van der Waals surface area contributed by atoms with Crippen molar-refractivity contribution in [1.82, 2.24) is 19.8 Å². The molecular formula is C10H19N5O2S. The highest BCUT2D eigenvalue weighted by atomic mass is 32.2. The van der Waals surface area contributed by atoms with Crippen molar-refractivity contribution < 1.29 is 8.42 Å². The van der Waals surface area contributed by atoms with Gasteiger partial charge in [0.2, 0.25) is 10.0 Å². The van der Waals surface area contributed by atoms with Gasteiger partial charge in [-0.15, -0.1) is 0 Å². The summed E-state index contributed by atoms with van der Waals surface area (Å²) in [5.74, 6) is 0.0727. The van der Waals surface area contributed by atoms with Crippen LogP contribution in [0.5, 0.6) is 0 Å². The third-order valence-electron chi connectivity index (χ3n) is 3.45. The van der Waals surface area contributed by atoms with Crippen LogP contribution in [-0.2, 0) is 10.0 Å². The van der Waals surface area contributed by atoms with Gasteiger partial charge in [0.15, 0.2) is 0 Å². The molecule has 0 aromatic carbocycles. The molecule has 1 aromatic rings. The summed E-state index contributed by atoms with van der Waals surface area (Å²) in [5, 5.41) is 6.06. The van der Waals surface area contributed by atoms with E-state index in [1.54, 1.807) is 0 Å². The van der Waals surface area contributed by atoms with Crippen molar-refractivity contribution in [3.63, 3.8) is 0 Å². The molecule has 1 aliphatic rings. The van der Waals surface area contributed by atoms with Crippen LogP contribution in [-0.4, -0.2) is 49.2 Å². The van der Waals surface area contributed by atoms with Crippen molar-refractivity contribution >= 4 is 15.8 Å². The van der Waals surface area contributed by atoms with Crippen LogP contribution in [0.25, 0.3) is 0 Å². The van der Waals surface area contributed by atoms with Crippen molar-refractivity contribution in [3.8, 4) is 0 Å². The molecule has 102 valence electrons. The third-order valence-corrected chi connectivity index (χ3v) is 5.00. The van der Waals surface area contributed by atoms with Crippen molar-refractivity contribution in [2.75, 3.05) is 19.3 Å². The average Bonchev–Trinajstić information content (AvgIpc) is 2.70. The molecule has 4 N–H and O–H groups in total. The van der Waals surface area contributed by atoms with Gasteiger partial charge in [-0.3, -0.25) is 5.10 Å². The Balaban J connectivity index is 2.08. The summed E-state index contributed by atoms with van der Waals surface area (Å²) in [6.45, 7) is 2.97. The lowest BCUT2D eigenvalue weighted by atomic mass is 10.0. The van der Waals surface area contributed by atoms with E-state index >= 15 is 0 Å². The number of nitrogens with one attached hydrogen (secondary N) is 2. The largest absolute Gasteiger partial charge is 0.383 e. The van der Waals surface area contributed by atoms with Crippen LogP contribution in [0.3, 0.4) is 0 Å². The number of nitrogen functional groups attached to an aromatic ring is 1. The van der Waals surface area contributed by atoms with Gasteiger partial charge >= 0.3 is 0 Å². The van der Waals surface area contributed by atoms with E-state index in [1.165, 1.54) is 6.20 Å². The number of H-pyrrole nitrogens is 1.